The van der Waals surface area contributed by atoms with E-state index >= 15 is 0 Å². The number of hydrogen-bond acceptors (Lipinski definition) is 1. The van der Waals surface area contributed by atoms with Gasteiger partial charge < -0.3 is 5.11 Å². The number of hydrogen-bond donors (Lipinski definition) is 1. The van der Waals surface area contributed by atoms with Crippen LogP contribution in [0.15, 0.2) is 0 Å². The Morgan fingerprint density at radius 3 is 1.92 bits per heavy atom. The summed E-state index contributed by atoms with van der Waals surface area (Å²) in [5.41, 5.74) is 0. The van der Waals surface area contributed by atoms with Crippen molar-refractivity contribution in [3.8, 4) is 0 Å². The lowest BCUT2D eigenvalue weighted by Gasteiger charge is -2.28. The van der Waals surface area contributed by atoms with Gasteiger partial charge in [0.2, 0.25) is 0 Å². The minimum atomic E-state index is 0.351. The topological polar surface area (TPSA) is 20.2 Å². The van der Waals surface area contributed by atoms with Crippen LogP contribution in [0.2, 0.25) is 0 Å². The normalized spacial score (nSPS) is 18.7. The van der Waals surface area contributed by atoms with E-state index in [1.54, 1.807) is 0 Å². The molecule has 0 saturated carbocycles. The summed E-state index contributed by atoms with van der Waals surface area (Å²) in [6, 6.07) is 0. The average Bonchev–Trinajstić information content (AvgIpc) is 2.11. The molecule has 0 aliphatic heterocycles. The predicted octanol–water partition coefficient (Wildman–Crippen LogP) is 3.32. The van der Waals surface area contributed by atoms with Gasteiger partial charge in [0, 0.05) is 6.61 Å². The van der Waals surface area contributed by atoms with Crippen molar-refractivity contribution in [2.45, 2.75) is 47.5 Å². The Kier molecular flexibility index (Phi) is 6.40. The lowest BCUT2D eigenvalue weighted by molar-refractivity contribution is 0.130. The van der Waals surface area contributed by atoms with Crippen molar-refractivity contribution in [3.63, 3.8) is 0 Å². The SMILES string of the molecule is CCC(C)C(C)C(CO)CC(C)C. The fourth-order valence-corrected chi connectivity index (χ4v) is 1.90. The minimum Gasteiger partial charge on any atom is -0.396 e. The lowest BCUT2D eigenvalue weighted by atomic mass is 9.79. The fraction of sp³-hybridized carbons (Fsp3) is 1.00. The van der Waals surface area contributed by atoms with Gasteiger partial charge in [-0.3, -0.25) is 0 Å². The molecule has 0 fully saturated rings. The van der Waals surface area contributed by atoms with E-state index in [-0.39, 0.29) is 0 Å². The monoisotopic (exact) mass is 186 g/mol. The van der Waals surface area contributed by atoms with Gasteiger partial charge in [-0.25, -0.2) is 0 Å². The molecule has 3 atom stereocenters. The molecule has 3 unspecified atom stereocenters. The highest BCUT2D eigenvalue weighted by molar-refractivity contribution is 4.71. The molecule has 80 valence electrons. The van der Waals surface area contributed by atoms with Crippen LogP contribution in [0, 0.1) is 23.7 Å². The van der Waals surface area contributed by atoms with Crippen LogP contribution in [0.1, 0.15) is 47.5 Å². The zero-order valence-corrected chi connectivity index (χ0v) is 9.88. The Bertz CT molecular complexity index is 120. The van der Waals surface area contributed by atoms with Gasteiger partial charge in [0.25, 0.3) is 0 Å². The van der Waals surface area contributed by atoms with Crippen LogP contribution < -0.4 is 0 Å². The third-order valence-electron chi connectivity index (χ3n) is 3.29. The summed E-state index contributed by atoms with van der Waals surface area (Å²) in [5.74, 6) is 2.58. The Labute approximate surface area is 83.5 Å². The second-order valence-electron chi connectivity index (χ2n) is 4.82. The van der Waals surface area contributed by atoms with Crippen molar-refractivity contribution in [1.82, 2.24) is 0 Å². The number of aliphatic hydroxyl groups excluding tert-OH is 1. The van der Waals surface area contributed by atoms with E-state index in [2.05, 4.69) is 34.6 Å². The maximum absolute atomic E-state index is 9.29. The van der Waals surface area contributed by atoms with Crippen LogP contribution >= 0.6 is 0 Å². The highest BCUT2D eigenvalue weighted by atomic mass is 16.3. The van der Waals surface area contributed by atoms with E-state index in [4.69, 9.17) is 0 Å². The second kappa shape index (κ2) is 6.42. The molecule has 1 nitrogen and oxygen atoms in total. The minimum absolute atomic E-state index is 0.351. The molecule has 0 aromatic heterocycles. The van der Waals surface area contributed by atoms with Gasteiger partial charge in [0.05, 0.1) is 0 Å². The molecule has 0 bridgehead atoms. The second-order valence-corrected chi connectivity index (χ2v) is 4.82. The molecule has 1 heteroatoms. The summed E-state index contributed by atoms with van der Waals surface area (Å²) in [5, 5.41) is 9.29. The van der Waals surface area contributed by atoms with Crippen LogP contribution in [0.3, 0.4) is 0 Å². The van der Waals surface area contributed by atoms with Crippen molar-refractivity contribution in [1.29, 1.82) is 0 Å². The molecule has 0 radical (unpaired) electrons. The molecule has 0 aliphatic rings. The summed E-state index contributed by atoms with van der Waals surface area (Å²) in [6.45, 7) is 11.6. The van der Waals surface area contributed by atoms with Crippen molar-refractivity contribution >= 4 is 0 Å². The van der Waals surface area contributed by atoms with Gasteiger partial charge >= 0.3 is 0 Å². The molecule has 13 heavy (non-hydrogen) atoms. The van der Waals surface area contributed by atoms with Gasteiger partial charge in [0.15, 0.2) is 0 Å². The highest BCUT2D eigenvalue weighted by Gasteiger charge is 2.21. The smallest absolute Gasteiger partial charge is 0.0462 e. The molecule has 0 aromatic carbocycles. The molecule has 0 spiro atoms. The van der Waals surface area contributed by atoms with Gasteiger partial charge in [-0.2, -0.15) is 0 Å². The Morgan fingerprint density at radius 2 is 1.62 bits per heavy atom. The van der Waals surface area contributed by atoms with E-state index in [1.807, 2.05) is 0 Å². The highest BCUT2D eigenvalue weighted by Crippen LogP contribution is 2.27. The summed E-state index contributed by atoms with van der Waals surface area (Å²) >= 11 is 0. The quantitative estimate of drug-likeness (QED) is 0.674. The van der Waals surface area contributed by atoms with Crippen molar-refractivity contribution < 1.29 is 5.11 Å². The Hall–Kier alpha value is -0.0400. The first-order chi connectivity index (χ1) is 6.02. The molecule has 0 rings (SSSR count). The van der Waals surface area contributed by atoms with Crippen LogP contribution in [-0.2, 0) is 0 Å². The van der Waals surface area contributed by atoms with Gasteiger partial charge in [0.1, 0.15) is 0 Å². The summed E-state index contributed by atoms with van der Waals surface area (Å²) in [7, 11) is 0. The number of aliphatic hydroxyl groups is 1. The Balaban J connectivity index is 4.05. The molecule has 0 amide bonds. The first-order valence-electron chi connectivity index (χ1n) is 5.63. The van der Waals surface area contributed by atoms with Gasteiger partial charge in [-0.05, 0) is 30.1 Å². The molecular formula is C12H26O. The van der Waals surface area contributed by atoms with Gasteiger partial charge in [-0.15, -0.1) is 0 Å². The van der Waals surface area contributed by atoms with E-state index in [9.17, 15) is 5.11 Å². The number of rotatable bonds is 6. The summed E-state index contributed by atoms with van der Waals surface area (Å²) in [4.78, 5) is 0. The maximum Gasteiger partial charge on any atom is 0.0462 e. The summed E-state index contributed by atoms with van der Waals surface area (Å²) in [6.07, 6.45) is 2.37. The zero-order valence-electron chi connectivity index (χ0n) is 9.88. The molecule has 1 N–H and O–H groups in total. The standard InChI is InChI=1S/C12H26O/c1-6-10(4)11(5)12(8-13)7-9(2)3/h9-13H,6-8H2,1-5H3. The maximum atomic E-state index is 9.29. The van der Waals surface area contributed by atoms with Gasteiger partial charge in [-0.1, -0.05) is 41.0 Å². The van der Waals surface area contributed by atoms with E-state index in [0.29, 0.717) is 24.4 Å². The third kappa shape index (κ3) is 4.66. The largest absolute Gasteiger partial charge is 0.396 e. The third-order valence-corrected chi connectivity index (χ3v) is 3.29. The van der Waals surface area contributed by atoms with Crippen LogP contribution in [0.5, 0.6) is 0 Å². The van der Waals surface area contributed by atoms with Crippen molar-refractivity contribution in [2.75, 3.05) is 6.61 Å². The first kappa shape index (κ1) is 13.0. The molecule has 0 saturated heterocycles. The zero-order chi connectivity index (χ0) is 10.4. The van der Waals surface area contributed by atoms with E-state index < -0.39 is 0 Å². The fourth-order valence-electron chi connectivity index (χ4n) is 1.90. The molecular weight excluding hydrogens is 160 g/mol. The molecule has 0 aliphatic carbocycles. The lowest BCUT2D eigenvalue weighted by Crippen LogP contribution is -2.23. The molecule has 0 aromatic rings. The van der Waals surface area contributed by atoms with Crippen LogP contribution in [0.25, 0.3) is 0 Å². The van der Waals surface area contributed by atoms with E-state index in [0.717, 1.165) is 12.3 Å². The Morgan fingerprint density at radius 1 is 1.08 bits per heavy atom. The molecule has 0 heterocycles. The first-order valence-corrected chi connectivity index (χ1v) is 5.63. The van der Waals surface area contributed by atoms with E-state index in [1.165, 1.54) is 6.42 Å². The van der Waals surface area contributed by atoms with Crippen LogP contribution in [-0.4, -0.2) is 11.7 Å². The van der Waals surface area contributed by atoms with Crippen LogP contribution in [0.4, 0.5) is 0 Å². The summed E-state index contributed by atoms with van der Waals surface area (Å²) < 4.78 is 0. The average molecular weight is 186 g/mol. The predicted molar refractivity (Wildman–Crippen MR) is 58.6 cm³/mol. The van der Waals surface area contributed by atoms with Crippen molar-refractivity contribution in [3.05, 3.63) is 0 Å². The van der Waals surface area contributed by atoms with Crippen molar-refractivity contribution in [2.24, 2.45) is 23.7 Å².